The Morgan fingerprint density at radius 3 is 2.20 bits per heavy atom. The summed E-state index contributed by atoms with van der Waals surface area (Å²) in [6, 6.07) is 5.88. The molecule has 1 heterocycles. The van der Waals surface area contributed by atoms with Gasteiger partial charge in [-0.2, -0.15) is 0 Å². The quantitative estimate of drug-likeness (QED) is 0.749. The van der Waals surface area contributed by atoms with Gasteiger partial charge in [-0.3, -0.25) is 9.10 Å². The van der Waals surface area contributed by atoms with Crippen LogP contribution in [0.1, 0.15) is 13.8 Å². The van der Waals surface area contributed by atoms with E-state index >= 15 is 0 Å². The second-order valence-electron chi connectivity index (χ2n) is 6.19. The van der Waals surface area contributed by atoms with Crippen molar-refractivity contribution >= 4 is 21.6 Å². The van der Waals surface area contributed by atoms with Gasteiger partial charge in [0.15, 0.2) is 0 Å². The Morgan fingerprint density at radius 2 is 1.76 bits per heavy atom. The fourth-order valence-electron chi connectivity index (χ4n) is 3.08. The van der Waals surface area contributed by atoms with E-state index in [1.807, 2.05) is 0 Å². The smallest absolute Gasteiger partial charge is 0.246 e. The van der Waals surface area contributed by atoms with Crippen LogP contribution >= 0.6 is 0 Å². The number of likely N-dealkylation sites (N-methyl/N-ethyl adjacent to an activating group) is 1. The van der Waals surface area contributed by atoms with E-state index in [-0.39, 0.29) is 5.91 Å². The minimum Gasteiger partial charge on any atom is -0.497 e. The highest BCUT2D eigenvalue weighted by molar-refractivity contribution is 7.92. The number of rotatable bonds is 6. The van der Waals surface area contributed by atoms with Gasteiger partial charge in [-0.1, -0.05) is 6.92 Å². The number of amides is 1. The van der Waals surface area contributed by atoms with E-state index in [1.165, 1.54) is 4.31 Å². The van der Waals surface area contributed by atoms with Crippen molar-refractivity contribution in [2.45, 2.75) is 19.9 Å². The Balaban J connectivity index is 2.21. The SMILES string of the molecule is CCN1CCN(C(=O)[C@@H](C)N(c2ccc(OC)cc2)S(C)(=O)=O)CC1. The van der Waals surface area contributed by atoms with Gasteiger partial charge in [0.25, 0.3) is 0 Å². The summed E-state index contributed by atoms with van der Waals surface area (Å²) in [5.74, 6) is 0.462. The van der Waals surface area contributed by atoms with Gasteiger partial charge in [-0.25, -0.2) is 8.42 Å². The molecule has 1 aliphatic heterocycles. The van der Waals surface area contributed by atoms with Crippen molar-refractivity contribution < 1.29 is 17.9 Å². The molecule has 1 aromatic rings. The number of carbonyl (C=O) groups excluding carboxylic acids is 1. The summed E-state index contributed by atoms with van der Waals surface area (Å²) in [5.41, 5.74) is 0.455. The van der Waals surface area contributed by atoms with Crippen LogP contribution in [0.25, 0.3) is 0 Å². The zero-order valence-corrected chi connectivity index (χ0v) is 16.1. The van der Waals surface area contributed by atoms with Crippen LogP contribution in [0.3, 0.4) is 0 Å². The third kappa shape index (κ3) is 4.64. The van der Waals surface area contributed by atoms with Gasteiger partial charge in [-0.15, -0.1) is 0 Å². The van der Waals surface area contributed by atoms with Crippen molar-refractivity contribution in [3.63, 3.8) is 0 Å². The second kappa shape index (κ2) is 8.05. The Labute approximate surface area is 150 Å². The van der Waals surface area contributed by atoms with Gasteiger partial charge in [0, 0.05) is 26.2 Å². The van der Waals surface area contributed by atoms with Gasteiger partial charge in [0.05, 0.1) is 19.1 Å². The van der Waals surface area contributed by atoms with Crippen molar-refractivity contribution in [3.8, 4) is 5.75 Å². The van der Waals surface area contributed by atoms with Crippen LogP contribution in [-0.2, 0) is 14.8 Å². The molecule has 1 aromatic carbocycles. The molecule has 1 fully saturated rings. The third-order valence-electron chi connectivity index (χ3n) is 4.52. The molecule has 7 nitrogen and oxygen atoms in total. The number of hydrogen-bond donors (Lipinski definition) is 0. The first-order chi connectivity index (χ1) is 11.8. The Hall–Kier alpha value is -1.80. The number of sulfonamides is 1. The van der Waals surface area contributed by atoms with Gasteiger partial charge in [0.2, 0.25) is 15.9 Å². The molecule has 8 heteroatoms. The van der Waals surface area contributed by atoms with E-state index < -0.39 is 16.1 Å². The third-order valence-corrected chi connectivity index (χ3v) is 5.77. The first-order valence-electron chi connectivity index (χ1n) is 8.42. The first-order valence-corrected chi connectivity index (χ1v) is 10.3. The lowest BCUT2D eigenvalue weighted by molar-refractivity contribution is -0.133. The molecule has 0 aromatic heterocycles. The van der Waals surface area contributed by atoms with E-state index in [9.17, 15) is 13.2 Å². The van der Waals surface area contributed by atoms with Crippen molar-refractivity contribution in [2.75, 3.05) is 50.4 Å². The molecule has 140 valence electrons. The number of hydrogen-bond acceptors (Lipinski definition) is 5. The highest BCUT2D eigenvalue weighted by atomic mass is 32.2. The summed E-state index contributed by atoms with van der Waals surface area (Å²) in [6.45, 7) is 7.56. The Kier molecular flexibility index (Phi) is 6.29. The minimum atomic E-state index is -3.60. The van der Waals surface area contributed by atoms with E-state index in [1.54, 1.807) is 43.2 Å². The molecule has 0 saturated carbocycles. The number of ether oxygens (including phenoxy) is 1. The Morgan fingerprint density at radius 1 is 1.20 bits per heavy atom. The molecule has 0 N–H and O–H groups in total. The summed E-state index contributed by atoms with van der Waals surface area (Å²) in [6.07, 6.45) is 1.12. The highest BCUT2D eigenvalue weighted by Crippen LogP contribution is 2.24. The molecule has 1 atom stereocenters. The second-order valence-corrected chi connectivity index (χ2v) is 8.05. The molecule has 0 aliphatic carbocycles. The molecule has 1 aliphatic rings. The lowest BCUT2D eigenvalue weighted by Gasteiger charge is -2.37. The molecular weight excluding hydrogens is 342 g/mol. The van der Waals surface area contributed by atoms with E-state index in [0.29, 0.717) is 24.5 Å². The topological polar surface area (TPSA) is 70.2 Å². The molecule has 1 amide bonds. The molecular formula is C17H27N3O4S. The zero-order valence-electron chi connectivity index (χ0n) is 15.3. The zero-order chi connectivity index (χ0) is 18.6. The number of anilines is 1. The molecule has 1 saturated heterocycles. The van der Waals surface area contributed by atoms with Gasteiger partial charge < -0.3 is 14.5 Å². The van der Waals surface area contributed by atoms with Crippen LogP contribution in [0.15, 0.2) is 24.3 Å². The molecule has 0 radical (unpaired) electrons. The monoisotopic (exact) mass is 369 g/mol. The van der Waals surface area contributed by atoms with E-state index in [2.05, 4.69) is 11.8 Å². The summed E-state index contributed by atoms with van der Waals surface area (Å²) >= 11 is 0. The standard InChI is InChI=1S/C17H27N3O4S/c1-5-18-10-12-19(13-11-18)17(21)14(2)20(25(4,22)23)15-6-8-16(24-3)9-7-15/h6-9,14H,5,10-13H2,1-4H3/t14-/m1/s1. The normalized spacial score (nSPS) is 17.2. The van der Waals surface area contributed by atoms with Gasteiger partial charge >= 0.3 is 0 Å². The number of piperazine rings is 1. The average molecular weight is 369 g/mol. The lowest BCUT2D eigenvalue weighted by atomic mass is 10.2. The van der Waals surface area contributed by atoms with Crippen LogP contribution in [-0.4, -0.2) is 76.3 Å². The summed E-state index contributed by atoms with van der Waals surface area (Å²) in [5, 5.41) is 0. The number of benzene rings is 1. The molecule has 0 bridgehead atoms. The van der Waals surface area contributed by atoms with Crippen molar-refractivity contribution in [3.05, 3.63) is 24.3 Å². The van der Waals surface area contributed by atoms with Crippen LogP contribution in [0.5, 0.6) is 5.75 Å². The summed E-state index contributed by atoms with van der Waals surface area (Å²) < 4.78 is 31.0. The van der Waals surface area contributed by atoms with E-state index in [0.717, 1.165) is 25.9 Å². The fraction of sp³-hybridized carbons (Fsp3) is 0.588. The molecule has 2 rings (SSSR count). The van der Waals surface area contributed by atoms with Crippen molar-refractivity contribution in [2.24, 2.45) is 0 Å². The Bertz CT molecular complexity index is 682. The van der Waals surface area contributed by atoms with Crippen molar-refractivity contribution in [1.29, 1.82) is 0 Å². The van der Waals surface area contributed by atoms with Crippen LogP contribution < -0.4 is 9.04 Å². The number of nitrogens with zero attached hydrogens (tertiary/aromatic N) is 3. The summed E-state index contributed by atoms with van der Waals surface area (Å²) in [4.78, 5) is 16.9. The first kappa shape index (κ1) is 19.5. The van der Waals surface area contributed by atoms with Crippen LogP contribution in [0.4, 0.5) is 5.69 Å². The predicted molar refractivity (Wildman–Crippen MR) is 98.5 cm³/mol. The maximum Gasteiger partial charge on any atom is 0.246 e. The highest BCUT2D eigenvalue weighted by Gasteiger charge is 2.33. The maximum atomic E-state index is 12.9. The minimum absolute atomic E-state index is 0.169. The predicted octanol–water partition coefficient (Wildman–Crippen LogP) is 1.01. The van der Waals surface area contributed by atoms with Crippen LogP contribution in [0.2, 0.25) is 0 Å². The van der Waals surface area contributed by atoms with Gasteiger partial charge in [0.1, 0.15) is 11.8 Å². The molecule has 0 unspecified atom stereocenters. The largest absolute Gasteiger partial charge is 0.497 e. The number of methoxy groups -OCH3 is 1. The lowest BCUT2D eigenvalue weighted by Crippen LogP contribution is -2.55. The average Bonchev–Trinajstić information content (AvgIpc) is 2.60. The van der Waals surface area contributed by atoms with Gasteiger partial charge in [-0.05, 0) is 37.7 Å². The summed E-state index contributed by atoms with van der Waals surface area (Å²) in [7, 11) is -2.05. The van der Waals surface area contributed by atoms with Crippen LogP contribution in [0, 0.1) is 0 Å². The fourth-order valence-corrected chi connectivity index (χ4v) is 4.25. The number of carbonyl (C=O) groups is 1. The molecule has 0 spiro atoms. The molecule has 25 heavy (non-hydrogen) atoms. The van der Waals surface area contributed by atoms with Crippen molar-refractivity contribution in [1.82, 2.24) is 9.80 Å². The maximum absolute atomic E-state index is 12.9. The van der Waals surface area contributed by atoms with E-state index in [4.69, 9.17) is 4.74 Å².